The number of guanidine groups is 1. The third kappa shape index (κ3) is 7.87. The lowest BCUT2D eigenvalue weighted by Crippen LogP contribution is -2.53. The molecule has 0 saturated carbocycles. The fourth-order valence-electron chi connectivity index (χ4n) is 3.22. The van der Waals surface area contributed by atoms with Gasteiger partial charge in [-0.15, -0.1) is 24.0 Å². The van der Waals surface area contributed by atoms with Gasteiger partial charge in [-0.25, -0.2) is 4.79 Å². The van der Waals surface area contributed by atoms with Gasteiger partial charge in [0.25, 0.3) is 5.56 Å². The van der Waals surface area contributed by atoms with Gasteiger partial charge in [0.2, 0.25) is 0 Å². The summed E-state index contributed by atoms with van der Waals surface area (Å²) in [6, 6.07) is 5.35. The lowest BCUT2D eigenvalue weighted by Gasteiger charge is -2.35. The zero-order valence-corrected chi connectivity index (χ0v) is 20.1. The molecular weight excluding hydrogens is 485 g/mol. The Hall–Kier alpha value is -1.78. The van der Waals surface area contributed by atoms with E-state index in [4.69, 9.17) is 9.73 Å². The maximum absolute atomic E-state index is 11.9. The van der Waals surface area contributed by atoms with Crippen molar-refractivity contribution in [3.05, 3.63) is 34.2 Å². The number of unbranched alkanes of at least 4 members (excludes halogenated alkanes) is 1. The molecule has 8 nitrogen and oxygen atoms in total. The van der Waals surface area contributed by atoms with Crippen LogP contribution in [-0.2, 0) is 11.3 Å². The van der Waals surface area contributed by atoms with E-state index in [1.165, 1.54) is 0 Å². The number of carbonyl (C=O) groups is 1. The molecule has 1 amide bonds. The zero-order chi connectivity index (χ0) is 20.4. The quantitative estimate of drug-likeness (QED) is 0.259. The number of aliphatic imine (C=N–C) groups is 1. The molecule has 9 heteroatoms. The Morgan fingerprint density at radius 2 is 1.83 bits per heavy atom. The Labute approximate surface area is 190 Å². The summed E-state index contributed by atoms with van der Waals surface area (Å²) in [4.78, 5) is 32.4. The highest BCUT2D eigenvalue weighted by molar-refractivity contribution is 14.0. The number of aromatic nitrogens is 1. The molecule has 0 bridgehead atoms. The summed E-state index contributed by atoms with van der Waals surface area (Å²) in [5, 5.41) is 3.33. The van der Waals surface area contributed by atoms with Gasteiger partial charge in [-0.1, -0.05) is 6.07 Å². The largest absolute Gasteiger partial charge is 0.450 e. The van der Waals surface area contributed by atoms with E-state index in [9.17, 15) is 9.59 Å². The molecule has 1 aliphatic heterocycles. The van der Waals surface area contributed by atoms with E-state index in [-0.39, 0.29) is 35.6 Å². The molecule has 0 aromatic carbocycles. The first-order valence-electron chi connectivity index (χ1n) is 10.2. The van der Waals surface area contributed by atoms with E-state index in [2.05, 4.69) is 17.1 Å². The van der Waals surface area contributed by atoms with Crippen molar-refractivity contribution in [2.45, 2.75) is 40.2 Å². The smallest absolute Gasteiger partial charge is 0.409 e. The summed E-state index contributed by atoms with van der Waals surface area (Å²) < 4.78 is 6.88. The predicted octanol–water partition coefficient (Wildman–Crippen LogP) is 2.29. The van der Waals surface area contributed by atoms with Gasteiger partial charge in [-0.3, -0.25) is 9.79 Å². The molecule has 1 aliphatic rings. The molecule has 1 N–H and O–H groups in total. The Morgan fingerprint density at radius 1 is 1.14 bits per heavy atom. The number of halogens is 1. The molecule has 1 aromatic heterocycles. The van der Waals surface area contributed by atoms with Crippen LogP contribution < -0.4 is 10.9 Å². The van der Waals surface area contributed by atoms with Crippen molar-refractivity contribution in [3.8, 4) is 0 Å². The van der Waals surface area contributed by atoms with Crippen molar-refractivity contribution in [2.24, 2.45) is 4.99 Å². The number of hydrogen-bond acceptors (Lipinski definition) is 4. The minimum atomic E-state index is -0.240. The minimum absolute atomic E-state index is 0. The van der Waals surface area contributed by atoms with Crippen LogP contribution in [0.15, 0.2) is 28.0 Å². The van der Waals surface area contributed by atoms with Crippen molar-refractivity contribution in [1.82, 2.24) is 19.7 Å². The topological polar surface area (TPSA) is 79.2 Å². The number of ether oxygens (including phenoxy) is 1. The fourth-order valence-corrected chi connectivity index (χ4v) is 3.22. The lowest BCUT2D eigenvalue weighted by molar-refractivity contribution is 0.0914. The highest BCUT2D eigenvalue weighted by atomic mass is 127. The number of carbonyl (C=O) groups excluding carboxylic acids is 1. The Kier molecular flexibility index (Phi) is 11.7. The van der Waals surface area contributed by atoms with Gasteiger partial charge in [0, 0.05) is 57.6 Å². The van der Waals surface area contributed by atoms with Gasteiger partial charge in [0.1, 0.15) is 0 Å². The van der Waals surface area contributed by atoms with Crippen LogP contribution in [0.25, 0.3) is 0 Å². The van der Waals surface area contributed by atoms with Crippen molar-refractivity contribution in [1.29, 1.82) is 0 Å². The number of pyridine rings is 1. The van der Waals surface area contributed by atoms with Gasteiger partial charge in [0.05, 0.1) is 6.61 Å². The van der Waals surface area contributed by atoms with Crippen LogP contribution in [-0.4, -0.2) is 72.3 Å². The first kappa shape index (κ1) is 25.3. The number of nitrogens with one attached hydrogen (secondary N) is 1. The Bertz CT molecular complexity index is 714. The first-order chi connectivity index (χ1) is 13.6. The number of piperazine rings is 1. The molecule has 1 fully saturated rings. The van der Waals surface area contributed by atoms with Crippen LogP contribution in [0.1, 0.15) is 32.4 Å². The molecule has 0 atom stereocenters. The molecule has 164 valence electrons. The standard InChI is InChI=1S/C20H33N5O3.HI/c1-4-21-19(23-13-15-24(16-14-23)20(27)28-5-2)22-11-6-7-12-25-17(3)9-8-10-18(25)26;/h8-10H,4-7,11-16H2,1-3H3,(H,21,22);1H. The number of amides is 1. The zero-order valence-electron chi connectivity index (χ0n) is 17.7. The Morgan fingerprint density at radius 3 is 2.45 bits per heavy atom. The highest BCUT2D eigenvalue weighted by Crippen LogP contribution is 2.05. The molecule has 1 saturated heterocycles. The molecule has 2 heterocycles. The molecule has 1 aromatic rings. The molecule has 0 spiro atoms. The van der Waals surface area contributed by atoms with Crippen LogP contribution >= 0.6 is 24.0 Å². The molecule has 2 rings (SSSR count). The minimum Gasteiger partial charge on any atom is -0.450 e. The van der Waals surface area contributed by atoms with Crippen molar-refractivity contribution >= 4 is 36.0 Å². The summed E-state index contributed by atoms with van der Waals surface area (Å²) in [5.74, 6) is 0.888. The lowest BCUT2D eigenvalue weighted by atomic mass is 10.3. The summed E-state index contributed by atoms with van der Waals surface area (Å²) in [5.41, 5.74) is 1.04. The number of rotatable bonds is 7. The van der Waals surface area contributed by atoms with Crippen LogP contribution in [0.2, 0.25) is 0 Å². The molecular formula is C20H34IN5O3. The van der Waals surface area contributed by atoms with Crippen molar-refractivity contribution in [2.75, 3.05) is 45.9 Å². The summed E-state index contributed by atoms with van der Waals surface area (Å²) >= 11 is 0. The fraction of sp³-hybridized carbons (Fsp3) is 0.650. The highest BCUT2D eigenvalue weighted by Gasteiger charge is 2.23. The van der Waals surface area contributed by atoms with Gasteiger partial charge in [-0.2, -0.15) is 0 Å². The number of aryl methyl sites for hydroxylation is 1. The third-order valence-corrected chi connectivity index (χ3v) is 4.76. The van der Waals surface area contributed by atoms with E-state index >= 15 is 0 Å². The summed E-state index contributed by atoms with van der Waals surface area (Å²) in [6.07, 6.45) is 1.58. The maximum atomic E-state index is 11.9. The van der Waals surface area contributed by atoms with Crippen molar-refractivity contribution < 1.29 is 9.53 Å². The normalized spacial score (nSPS) is 14.4. The average Bonchev–Trinajstić information content (AvgIpc) is 2.69. The average molecular weight is 519 g/mol. The van der Waals surface area contributed by atoms with Crippen LogP contribution in [0.3, 0.4) is 0 Å². The van der Waals surface area contributed by atoms with E-state index < -0.39 is 0 Å². The van der Waals surface area contributed by atoms with Crippen LogP contribution in [0.4, 0.5) is 4.79 Å². The van der Waals surface area contributed by atoms with E-state index in [1.807, 2.05) is 24.5 Å². The molecule has 29 heavy (non-hydrogen) atoms. The summed E-state index contributed by atoms with van der Waals surface area (Å²) in [6.45, 7) is 11.2. The Balaban J connectivity index is 0.00000420. The first-order valence-corrected chi connectivity index (χ1v) is 10.2. The van der Waals surface area contributed by atoms with E-state index in [1.54, 1.807) is 17.0 Å². The van der Waals surface area contributed by atoms with Crippen LogP contribution in [0.5, 0.6) is 0 Å². The SMILES string of the molecule is CCNC(=NCCCCn1c(C)cccc1=O)N1CCN(C(=O)OCC)CC1.I. The number of hydrogen-bond donors (Lipinski definition) is 1. The monoisotopic (exact) mass is 519 g/mol. The van der Waals surface area contributed by atoms with Gasteiger partial charge in [-0.05, 0) is 39.7 Å². The second-order valence-electron chi connectivity index (χ2n) is 6.77. The van der Waals surface area contributed by atoms with E-state index in [0.717, 1.165) is 50.7 Å². The predicted molar refractivity (Wildman–Crippen MR) is 126 cm³/mol. The number of nitrogens with zero attached hydrogens (tertiary/aromatic N) is 4. The maximum Gasteiger partial charge on any atom is 0.409 e. The van der Waals surface area contributed by atoms with E-state index in [0.29, 0.717) is 26.2 Å². The van der Waals surface area contributed by atoms with Gasteiger partial charge < -0.3 is 24.4 Å². The second-order valence-corrected chi connectivity index (χ2v) is 6.77. The molecule has 0 unspecified atom stereocenters. The summed E-state index contributed by atoms with van der Waals surface area (Å²) in [7, 11) is 0. The molecule has 0 aliphatic carbocycles. The second kappa shape index (κ2) is 13.4. The third-order valence-electron chi connectivity index (χ3n) is 4.76. The van der Waals surface area contributed by atoms with Gasteiger partial charge in [0.15, 0.2) is 5.96 Å². The van der Waals surface area contributed by atoms with Gasteiger partial charge >= 0.3 is 6.09 Å². The van der Waals surface area contributed by atoms with Crippen molar-refractivity contribution in [3.63, 3.8) is 0 Å². The van der Waals surface area contributed by atoms with Crippen LogP contribution in [0, 0.1) is 6.92 Å². The molecule has 0 radical (unpaired) electrons.